The van der Waals surface area contributed by atoms with Crippen LogP contribution in [0.5, 0.6) is 5.75 Å². The molecule has 0 radical (unpaired) electrons. The fraction of sp³-hybridized carbons (Fsp3) is 0.222. The molecule has 7 heteroatoms. The van der Waals surface area contributed by atoms with Gasteiger partial charge < -0.3 is 9.72 Å². The second-order valence-corrected chi connectivity index (χ2v) is 8.66. The fourth-order valence-corrected chi connectivity index (χ4v) is 5.21. The Bertz CT molecular complexity index is 1380. The van der Waals surface area contributed by atoms with Crippen LogP contribution < -0.4 is 4.74 Å². The largest absolute Gasteiger partial charge is 0.494 e. The van der Waals surface area contributed by atoms with E-state index >= 15 is 0 Å². The van der Waals surface area contributed by atoms with E-state index in [4.69, 9.17) is 4.74 Å². The number of pyridine rings is 1. The van der Waals surface area contributed by atoms with Crippen molar-refractivity contribution in [3.8, 4) is 5.75 Å². The van der Waals surface area contributed by atoms with Crippen molar-refractivity contribution in [1.82, 2.24) is 19.8 Å². The molecular weight excluding hydrogens is 428 g/mol. The molecule has 6 rings (SSSR count). The first-order valence-corrected chi connectivity index (χ1v) is 11.5. The lowest BCUT2D eigenvalue weighted by Gasteiger charge is -2.36. The van der Waals surface area contributed by atoms with Crippen molar-refractivity contribution in [3.05, 3.63) is 95.4 Å². The van der Waals surface area contributed by atoms with Gasteiger partial charge in [-0.25, -0.2) is 4.79 Å². The van der Waals surface area contributed by atoms with E-state index in [1.165, 1.54) is 4.90 Å². The number of para-hydroxylation sites is 1. The summed E-state index contributed by atoms with van der Waals surface area (Å²) in [5.74, 6) is 0.609. The van der Waals surface area contributed by atoms with Crippen molar-refractivity contribution >= 4 is 22.8 Å². The van der Waals surface area contributed by atoms with Crippen LogP contribution in [0, 0.1) is 0 Å². The zero-order valence-corrected chi connectivity index (χ0v) is 18.8. The van der Waals surface area contributed by atoms with Crippen molar-refractivity contribution in [2.24, 2.45) is 0 Å². The molecule has 0 spiro atoms. The lowest BCUT2D eigenvalue weighted by molar-refractivity contribution is -0.129. The minimum atomic E-state index is -0.549. The Balaban J connectivity index is 1.46. The molecule has 0 bridgehead atoms. The van der Waals surface area contributed by atoms with Gasteiger partial charge in [-0.2, -0.15) is 0 Å². The molecule has 34 heavy (non-hydrogen) atoms. The maximum Gasteiger partial charge on any atom is 0.328 e. The number of ether oxygens (including phenoxy) is 1. The van der Waals surface area contributed by atoms with Gasteiger partial charge in [-0.3, -0.25) is 19.6 Å². The number of fused-ring (bicyclic) bond motifs is 4. The van der Waals surface area contributed by atoms with E-state index < -0.39 is 12.1 Å². The van der Waals surface area contributed by atoms with Gasteiger partial charge in [0.25, 0.3) is 5.91 Å². The Morgan fingerprint density at radius 2 is 1.88 bits per heavy atom. The smallest absolute Gasteiger partial charge is 0.328 e. The monoisotopic (exact) mass is 452 g/mol. The Labute approximate surface area is 197 Å². The van der Waals surface area contributed by atoms with E-state index in [0.717, 1.165) is 39.0 Å². The quantitative estimate of drug-likeness (QED) is 0.454. The van der Waals surface area contributed by atoms with Gasteiger partial charge in [0.2, 0.25) is 0 Å². The minimum Gasteiger partial charge on any atom is -0.494 e. The molecule has 1 saturated heterocycles. The molecular formula is C27H24N4O3. The number of nitrogens with zero attached hydrogens (tertiary/aromatic N) is 3. The Hall–Kier alpha value is -4.13. The number of benzene rings is 2. The van der Waals surface area contributed by atoms with Crippen LogP contribution in [-0.2, 0) is 17.8 Å². The standard InChI is InChI=1S/C27H24N4O3/c1-2-34-19-11-9-18(10-12-19)25-24-21(20-7-3-4-8-22(20)29-24)14-23-26(32)30(27(33)31(23)25)16-17-6-5-13-28-15-17/h3-13,15,23,25,29H,2,14,16H2,1H3/t23-,25+/m1/s1. The molecule has 4 aromatic rings. The van der Waals surface area contributed by atoms with E-state index in [9.17, 15) is 9.59 Å². The Morgan fingerprint density at radius 1 is 1.06 bits per heavy atom. The van der Waals surface area contributed by atoms with Crippen molar-refractivity contribution < 1.29 is 14.3 Å². The maximum absolute atomic E-state index is 13.7. The number of rotatable bonds is 5. The number of amides is 3. The molecule has 2 atom stereocenters. The number of carbonyl (C=O) groups excluding carboxylic acids is 2. The van der Waals surface area contributed by atoms with Gasteiger partial charge in [-0.1, -0.05) is 36.4 Å². The van der Waals surface area contributed by atoms with Gasteiger partial charge >= 0.3 is 6.03 Å². The molecule has 170 valence electrons. The van der Waals surface area contributed by atoms with Gasteiger partial charge in [-0.15, -0.1) is 0 Å². The van der Waals surface area contributed by atoms with Gasteiger partial charge in [0.05, 0.1) is 13.2 Å². The number of H-pyrrole nitrogens is 1. The highest BCUT2D eigenvalue weighted by atomic mass is 16.5. The van der Waals surface area contributed by atoms with Crippen LogP contribution in [-0.4, -0.2) is 44.4 Å². The molecule has 2 aliphatic heterocycles. The molecule has 1 fully saturated rings. The van der Waals surface area contributed by atoms with Crippen LogP contribution in [0.3, 0.4) is 0 Å². The second-order valence-electron chi connectivity index (χ2n) is 8.66. The summed E-state index contributed by atoms with van der Waals surface area (Å²) in [6, 6.07) is 18.4. The lowest BCUT2D eigenvalue weighted by atomic mass is 9.89. The van der Waals surface area contributed by atoms with Crippen molar-refractivity contribution in [2.75, 3.05) is 6.61 Å². The fourth-order valence-electron chi connectivity index (χ4n) is 5.21. The zero-order valence-electron chi connectivity index (χ0n) is 18.8. The highest BCUT2D eigenvalue weighted by Crippen LogP contribution is 2.44. The van der Waals surface area contributed by atoms with Crippen LogP contribution in [0.2, 0.25) is 0 Å². The molecule has 0 saturated carbocycles. The molecule has 1 N–H and O–H groups in total. The Kier molecular flexibility index (Phi) is 4.83. The lowest BCUT2D eigenvalue weighted by Crippen LogP contribution is -2.44. The Morgan fingerprint density at radius 3 is 2.65 bits per heavy atom. The molecule has 4 heterocycles. The summed E-state index contributed by atoms with van der Waals surface area (Å²) in [6.45, 7) is 2.74. The van der Waals surface area contributed by atoms with Crippen LogP contribution in [0.25, 0.3) is 10.9 Å². The van der Waals surface area contributed by atoms with Crippen molar-refractivity contribution in [3.63, 3.8) is 0 Å². The molecule has 2 aromatic carbocycles. The maximum atomic E-state index is 13.7. The molecule has 2 aliphatic rings. The first kappa shape index (κ1) is 20.5. The van der Waals surface area contributed by atoms with Crippen molar-refractivity contribution in [2.45, 2.75) is 32.0 Å². The number of hydrogen-bond donors (Lipinski definition) is 1. The van der Waals surface area contributed by atoms with E-state index in [1.807, 2.05) is 61.5 Å². The van der Waals surface area contributed by atoms with Gasteiger partial charge in [0.1, 0.15) is 17.8 Å². The van der Waals surface area contributed by atoms with Crippen LogP contribution in [0.1, 0.15) is 35.3 Å². The van der Waals surface area contributed by atoms with E-state index in [2.05, 4.69) is 16.0 Å². The predicted molar refractivity (Wildman–Crippen MR) is 127 cm³/mol. The number of urea groups is 1. The first-order chi connectivity index (χ1) is 16.7. The average Bonchev–Trinajstić information content (AvgIpc) is 3.35. The van der Waals surface area contributed by atoms with E-state index in [0.29, 0.717) is 13.0 Å². The number of aromatic nitrogens is 2. The van der Waals surface area contributed by atoms with Crippen LogP contribution in [0.4, 0.5) is 4.79 Å². The third-order valence-corrected chi connectivity index (χ3v) is 6.70. The minimum absolute atomic E-state index is 0.166. The van der Waals surface area contributed by atoms with Crippen LogP contribution in [0.15, 0.2) is 73.1 Å². The number of imide groups is 1. The van der Waals surface area contributed by atoms with Crippen LogP contribution >= 0.6 is 0 Å². The SMILES string of the molecule is CCOc1ccc([C@H]2c3[nH]c4ccccc4c3C[C@@H]3C(=O)N(Cc4cccnc4)C(=O)N23)cc1. The van der Waals surface area contributed by atoms with E-state index in [1.54, 1.807) is 17.3 Å². The molecule has 7 nitrogen and oxygen atoms in total. The predicted octanol–water partition coefficient (Wildman–Crippen LogP) is 4.44. The number of nitrogens with one attached hydrogen (secondary N) is 1. The number of aromatic amines is 1. The summed E-state index contributed by atoms with van der Waals surface area (Å²) in [4.78, 5) is 38.0. The highest BCUT2D eigenvalue weighted by Gasteiger charge is 2.52. The highest BCUT2D eigenvalue weighted by molar-refractivity contribution is 6.05. The third kappa shape index (κ3) is 3.15. The van der Waals surface area contributed by atoms with Crippen molar-refractivity contribution in [1.29, 1.82) is 0 Å². The summed E-state index contributed by atoms with van der Waals surface area (Å²) in [7, 11) is 0. The van der Waals surface area contributed by atoms with Gasteiger partial charge in [-0.05, 0) is 47.9 Å². The zero-order chi connectivity index (χ0) is 23.2. The normalized spacial score (nSPS) is 19.4. The molecule has 0 unspecified atom stereocenters. The summed E-state index contributed by atoms with van der Waals surface area (Å²) >= 11 is 0. The molecule has 3 amide bonds. The number of carbonyl (C=O) groups is 2. The molecule has 0 aliphatic carbocycles. The van der Waals surface area contributed by atoms with Gasteiger partial charge in [0, 0.05) is 35.4 Å². The summed E-state index contributed by atoms with van der Waals surface area (Å²) in [5, 5.41) is 1.10. The average molecular weight is 453 g/mol. The van der Waals surface area contributed by atoms with Gasteiger partial charge in [0.15, 0.2) is 0 Å². The second kappa shape index (κ2) is 8.02. The first-order valence-electron chi connectivity index (χ1n) is 11.5. The summed E-state index contributed by atoms with van der Waals surface area (Å²) < 4.78 is 5.62. The number of hydrogen-bond acceptors (Lipinski definition) is 4. The summed E-state index contributed by atoms with van der Waals surface area (Å²) in [6.07, 6.45) is 3.86. The molecule has 2 aromatic heterocycles. The third-order valence-electron chi connectivity index (χ3n) is 6.70. The summed E-state index contributed by atoms with van der Waals surface area (Å²) in [5.41, 5.74) is 4.83. The van der Waals surface area contributed by atoms with E-state index in [-0.39, 0.29) is 18.5 Å². The topological polar surface area (TPSA) is 78.5 Å².